The molecule has 0 bridgehead atoms. The third-order valence-corrected chi connectivity index (χ3v) is 2.74. The van der Waals surface area contributed by atoms with Gasteiger partial charge in [-0.3, -0.25) is 0 Å². The van der Waals surface area contributed by atoms with E-state index in [-0.39, 0.29) is 6.61 Å². The van der Waals surface area contributed by atoms with Crippen molar-refractivity contribution >= 4 is 5.69 Å². The normalized spacial score (nSPS) is 12.1. The molecule has 2 nitrogen and oxygen atoms in total. The Morgan fingerprint density at radius 3 is 2.67 bits per heavy atom. The molecule has 0 aromatic heterocycles. The second kappa shape index (κ2) is 5.53. The average Bonchev–Trinajstić information content (AvgIpc) is 2.26. The lowest BCUT2D eigenvalue weighted by Gasteiger charge is -2.12. The molecule has 0 saturated carbocycles. The van der Waals surface area contributed by atoms with E-state index in [2.05, 4.69) is 11.8 Å². The van der Waals surface area contributed by atoms with E-state index in [0.717, 1.165) is 24.1 Å². The van der Waals surface area contributed by atoms with Crippen molar-refractivity contribution in [2.75, 3.05) is 6.61 Å². The second-order valence-corrected chi connectivity index (χ2v) is 3.89. The van der Waals surface area contributed by atoms with Gasteiger partial charge in [-0.15, -0.1) is 0 Å². The molecule has 1 N–H and O–H groups in total. The lowest BCUT2D eigenvalue weighted by atomic mass is 9.96. The number of aliphatic hydroxyl groups excluding tert-OH is 1. The first-order valence-corrected chi connectivity index (χ1v) is 5.29. The van der Waals surface area contributed by atoms with Crippen LogP contribution in [-0.4, -0.2) is 11.7 Å². The monoisotopic (exact) mass is 203 g/mol. The van der Waals surface area contributed by atoms with Crippen molar-refractivity contribution in [2.45, 2.75) is 26.7 Å². The van der Waals surface area contributed by atoms with Crippen molar-refractivity contribution < 1.29 is 5.11 Å². The van der Waals surface area contributed by atoms with E-state index in [1.807, 2.05) is 25.1 Å². The molecule has 0 heterocycles. The van der Waals surface area contributed by atoms with Crippen molar-refractivity contribution in [1.82, 2.24) is 0 Å². The zero-order valence-electron chi connectivity index (χ0n) is 9.33. The summed E-state index contributed by atoms with van der Waals surface area (Å²) in [4.78, 5) is 3.43. The minimum Gasteiger partial charge on any atom is -0.396 e. The fourth-order valence-corrected chi connectivity index (χ4v) is 1.64. The predicted molar refractivity (Wildman–Crippen MR) is 62.0 cm³/mol. The maximum atomic E-state index is 9.11. The van der Waals surface area contributed by atoms with Crippen molar-refractivity contribution in [3.63, 3.8) is 0 Å². The molecule has 1 aromatic rings. The Kier molecular flexibility index (Phi) is 4.33. The van der Waals surface area contributed by atoms with Gasteiger partial charge in [-0.25, -0.2) is 4.85 Å². The first-order valence-electron chi connectivity index (χ1n) is 5.29. The molecular weight excluding hydrogens is 186 g/mol. The minimum absolute atomic E-state index is 0.236. The van der Waals surface area contributed by atoms with E-state index in [9.17, 15) is 0 Å². The molecular formula is C13H17NO. The van der Waals surface area contributed by atoms with Crippen LogP contribution >= 0.6 is 0 Å². The smallest absolute Gasteiger partial charge is 0.190 e. The van der Waals surface area contributed by atoms with Gasteiger partial charge in [0.25, 0.3) is 0 Å². The van der Waals surface area contributed by atoms with E-state index < -0.39 is 0 Å². The molecule has 0 amide bonds. The Bertz CT molecular complexity index is 361. The zero-order valence-corrected chi connectivity index (χ0v) is 9.33. The van der Waals surface area contributed by atoms with Crippen LogP contribution in [-0.2, 0) is 6.42 Å². The summed E-state index contributed by atoms with van der Waals surface area (Å²) < 4.78 is 0. The van der Waals surface area contributed by atoms with Gasteiger partial charge in [0.15, 0.2) is 5.69 Å². The van der Waals surface area contributed by atoms with Gasteiger partial charge in [0.1, 0.15) is 0 Å². The topological polar surface area (TPSA) is 24.6 Å². The number of benzene rings is 1. The molecule has 0 radical (unpaired) electrons. The van der Waals surface area contributed by atoms with Gasteiger partial charge in [0.2, 0.25) is 0 Å². The summed E-state index contributed by atoms with van der Waals surface area (Å²) in [6.07, 6.45) is 1.88. The van der Waals surface area contributed by atoms with Crippen molar-refractivity contribution in [3.8, 4) is 0 Å². The Labute approximate surface area is 91.4 Å². The van der Waals surface area contributed by atoms with Crippen LogP contribution in [0.5, 0.6) is 0 Å². The fraction of sp³-hybridized carbons (Fsp3) is 0.462. The van der Waals surface area contributed by atoms with Crippen LogP contribution in [0.3, 0.4) is 0 Å². The SMILES string of the molecule is [C-]#[N+]c1ccc(CC(CC)CO)cc1C. The summed E-state index contributed by atoms with van der Waals surface area (Å²) in [7, 11) is 0. The fourth-order valence-electron chi connectivity index (χ4n) is 1.64. The maximum Gasteiger partial charge on any atom is 0.190 e. The lowest BCUT2D eigenvalue weighted by Crippen LogP contribution is -2.08. The molecule has 2 heteroatoms. The number of hydrogen-bond acceptors (Lipinski definition) is 1. The third-order valence-electron chi connectivity index (χ3n) is 2.74. The molecule has 80 valence electrons. The third kappa shape index (κ3) is 3.07. The summed E-state index contributed by atoms with van der Waals surface area (Å²) in [6, 6.07) is 5.89. The van der Waals surface area contributed by atoms with Crippen molar-refractivity contribution in [1.29, 1.82) is 0 Å². The van der Waals surface area contributed by atoms with Crippen molar-refractivity contribution in [2.24, 2.45) is 5.92 Å². The molecule has 1 rings (SSSR count). The van der Waals surface area contributed by atoms with Crippen LogP contribution in [0.25, 0.3) is 4.85 Å². The summed E-state index contributed by atoms with van der Waals surface area (Å²) in [6.45, 7) is 11.2. The Morgan fingerprint density at radius 1 is 1.47 bits per heavy atom. The van der Waals surface area contributed by atoms with Crippen LogP contribution in [0.2, 0.25) is 0 Å². The standard InChI is InChI=1S/C13H17NO/c1-4-11(9-15)8-12-5-6-13(14-3)10(2)7-12/h5-7,11,15H,4,8-9H2,1-2H3. The van der Waals surface area contributed by atoms with Gasteiger partial charge >= 0.3 is 0 Å². The molecule has 0 aliphatic carbocycles. The summed E-state index contributed by atoms with van der Waals surface area (Å²) >= 11 is 0. The molecule has 15 heavy (non-hydrogen) atoms. The quantitative estimate of drug-likeness (QED) is 0.747. The van der Waals surface area contributed by atoms with Gasteiger partial charge in [-0.05, 0) is 30.4 Å². The number of rotatable bonds is 4. The average molecular weight is 203 g/mol. The first kappa shape index (κ1) is 11.7. The van der Waals surface area contributed by atoms with E-state index in [1.54, 1.807) is 0 Å². The number of nitrogens with zero attached hydrogens (tertiary/aromatic N) is 1. The summed E-state index contributed by atoms with van der Waals surface area (Å²) in [5.74, 6) is 0.336. The Morgan fingerprint density at radius 2 is 2.20 bits per heavy atom. The van der Waals surface area contributed by atoms with Crippen LogP contribution in [0, 0.1) is 19.4 Å². The van der Waals surface area contributed by atoms with Crippen LogP contribution in [0.15, 0.2) is 18.2 Å². The highest BCUT2D eigenvalue weighted by Gasteiger charge is 2.07. The van der Waals surface area contributed by atoms with E-state index in [4.69, 9.17) is 11.7 Å². The zero-order chi connectivity index (χ0) is 11.3. The second-order valence-electron chi connectivity index (χ2n) is 3.89. The van der Waals surface area contributed by atoms with Crippen LogP contribution in [0.1, 0.15) is 24.5 Å². The Balaban J connectivity index is 2.80. The number of hydrogen-bond donors (Lipinski definition) is 1. The van der Waals surface area contributed by atoms with E-state index in [1.165, 1.54) is 5.56 Å². The molecule has 1 unspecified atom stereocenters. The molecule has 1 atom stereocenters. The highest BCUT2D eigenvalue weighted by Crippen LogP contribution is 2.21. The lowest BCUT2D eigenvalue weighted by molar-refractivity contribution is 0.222. The van der Waals surface area contributed by atoms with Gasteiger partial charge in [-0.1, -0.05) is 31.5 Å². The Hall–Kier alpha value is -1.33. The molecule has 0 aliphatic heterocycles. The summed E-state index contributed by atoms with van der Waals surface area (Å²) in [5.41, 5.74) is 2.95. The predicted octanol–water partition coefficient (Wildman–Crippen LogP) is 3.11. The molecule has 0 fully saturated rings. The van der Waals surface area contributed by atoms with Gasteiger partial charge in [0.05, 0.1) is 6.57 Å². The summed E-state index contributed by atoms with van der Waals surface area (Å²) in [5, 5.41) is 9.11. The van der Waals surface area contributed by atoms with Gasteiger partial charge in [0, 0.05) is 6.61 Å². The molecule has 0 saturated heterocycles. The first-order chi connectivity index (χ1) is 7.21. The highest BCUT2D eigenvalue weighted by molar-refractivity contribution is 5.52. The largest absolute Gasteiger partial charge is 0.396 e. The van der Waals surface area contributed by atoms with Crippen LogP contribution < -0.4 is 0 Å². The van der Waals surface area contributed by atoms with E-state index >= 15 is 0 Å². The van der Waals surface area contributed by atoms with Crippen molar-refractivity contribution in [3.05, 3.63) is 40.7 Å². The molecule has 0 spiro atoms. The van der Waals surface area contributed by atoms with E-state index in [0.29, 0.717) is 5.92 Å². The number of aliphatic hydroxyl groups is 1. The van der Waals surface area contributed by atoms with Gasteiger partial charge < -0.3 is 5.11 Å². The highest BCUT2D eigenvalue weighted by atomic mass is 16.3. The molecule has 1 aromatic carbocycles. The van der Waals surface area contributed by atoms with Gasteiger partial charge in [-0.2, -0.15) is 0 Å². The molecule has 0 aliphatic rings. The maximum absolute atomic E-state index is 9.11. The van der Waals surface area contributed by atoms with Crippen LogP contribution in [0.4, 0.5) is 5.69 Å². The minimum atomic E-state index is 0.236. The number of aryl methyl sites for hydroxylation is 1.